The molecule has 2 fully saturated rings. The number of halogens is 1. The van der Waals surface area contributed by atoms with E-state index in [2.05, 4.69) is 23.2 Å². The van der Waals surface area contributed by atoms with Gasteiger partial charge in [-0.15, -0.1) is 11.3 Å². The zero-order valence-corrected chi connectivity index (χ0v) is 12.4. The maximum Gasteiger partial charge on any atom is 0.0931 e. The summed E-state index contributed by atoms with van der Waals surface area (Å²) in [6.45, 7) is 5.71. The van der Waals surface area contributed by atoms with E-state index in [1.54, 1.807) is 11.3 Å². The van der Waals surface area contributed by atoms with Gasteiger partial charge in [-0.2, -0.15) is 0 Å². The Kier molecular flexibility index (Phi) is 3.94. The fraction of sp³-hybridized carbons (Fsp3) is 0.714. The Morgan fingerprint density at radius 1 is 1.44 bits per heavy atom. The van der Waals surface area contributed by atoms with E-state index in [4.69, 9.17) is 11.6 Å². The van der Waals surface area contributed by atoms with Gasteiger partial charge in [0.2, 0.25) is 0 Å². The summed E-state index contributed by atoms with van der Waals surface area (Å²) in [5, 5.41) is 3.70. The standard InChI is InChI=1S/C14H21ClN2S/c1-2-11-8-17(9-12-5-6-14(15)18-12)13(7-16-11)10-3-4-10/h5-6,10-11,13,16H,2-4,7-9H2,1H3. The van der Waals surface area contributed by atoms with Crippen LogP contribution in [0, 0.1) is 5.92 Å². The number of thiophene rings is 1. The van der Waals surface area contributed by atoms with Gasteiger partial charge in [0.15, 0.2) is 0 Å². The highest BCUT2D eigenvalue weighted by Gasteiger charge is 2.38. The van der Waals surface area contributed by atoms with Crippen molar-refractivity contribution in [2.24, 2.45) is 5.92 Å². The van der Waals surface area contributed by atoms with Crippen LogP contribution in [0.15, 0.2) is 12.1 Å². The largest absolute Gasteiger partial charge is 0.311 e. The Morgan fingerprint density at radius 2 is 2.28 bits per heavy atom. The van der Waals surface area contributed by atoms with Crippen LogP contribution in [0.4, 0.5) is 0 Å². The summed E-state index contributed by atoms with van der Waals surface area (Å²) in [7, 11) is 0. The Labute approximate surface area is 118 Å². The van der Waals surface area contributed by atoms with Crippen LogP contribution in [0.5, 0.6) is 0 Å². The van der Waals surface area contributed by atoms with Gasteiger partial charge in [-0.3, -0.25) is 4.90 Å². The lowest BCUT2D eigenvalue weighted by atomic mass is 10.0. The van der Waals surface area contributed by atoms with E-state index in [0.717, 1.165) is 22.8 Å². The van der Waals surface area contributed by atoms with Gasteiger partial charge in [-0.05, 0) is 37.3 Å². The molecule has 0 radical (unpaired) electrons. The summed E-state index contributed by atoms with van der Waals surface area (Å²) < 4.78 is 0.912. The van der Waals surface area contributed by atoms with Gasteiger partial charge >= 0.3 is 0 Å². The van der Waals surface area contributed by atoms with Crippen LogP contribution in [0.1, 0.15) is 31.1 Å². The molecule has 18 heavy (non-hydrogen) atoms. The summed E-state index contributed by atoms with van der Waals surface area (Å²) in [6.07, 6.45) is 4.06. The third-order valence-corrected chi connectivity index (χ3v) is 5.40. The van der Waals surface area contributed by atoms with Gasteiger partial charge < -0.3 is 5.32 Å². The van der Waals surface area contributed by atoms with Crippen LogP contribution in [0.2, 0.25) is 4.34 Å². The Morgan fingerprint density at radius 3 is 2.89 bits per heavy atom. The molecule has 3 rings (SSSR count). The van der Waals surface area contributed by atoms with Gasteiger partial charge in [0.25, 0.3) is 0 Å². The molecule has 0 amide bonds. The predicted octanol–water partition coefficient (Wildman–Crippen LogP) is 3.36. The van der Waals surface area contributed by atoms with Crippen molar-refractivity contribution in [1.29, 1.82) is 0 Å². The van der Waals surface area contributed by atoms with E-state index < -0.39 is 0 Å². The van der Waals surface area contributed by atoms with E-state index in [0.29, 0.717) is 6.04 Å². The Bertz CT molecular complexity index is 402. The third kappa shape index (κ3) is 2.90. The molecule has 4 heteroatoms. The third-order valence-electron chi connectivity index (χ3n) is 4.19. The number of piperazine rings is 1. The minimum atomic E-state index is 0.662. The number of nitrogens with zero attached hydrogens (tertiary/aromatic N) is 1. The molecule has 2 heterocycles. The maximum absolute atomic E-state index is 6.03. The molecule has 1 aromatic rings. The van der Waals surface area contributed by atoms with E-state index >= 15 is 0 Å². The highest BCUT2D eigenvalue weighted by atomic mass is 35.5. The summed E-state index contributed by atoms with van der Waals surface area (Å²) >= 11 is 7.76. The monoisotopic (exact) mass is 284 g/mol. The molecular formula is C14H21ClN2S. The molecule has 1 aliphatic carbocycles. The molecule has 1 N–H and O–H groups in total. The minimum Gasteiger partial charge on any atom is -0.311 e. The van der Waals surface area contributed by atoms with Gasteiger partial charge in [0.05, 0.1) is 4.34 Å². The molecule has 100 valence electrons. The normalized spacial score (nSPS) is 29.7. The lowest BCUT2D eigenvalue weighted by Gasteiger charge is -2.40. The van der Waals surface area contributed by atoms with Crippen LogP contribution < -0.4 is 5.32 Å². The minimum absolute atomic E-state index is 0.662. The molecule has 0 spiro atoms. The number of nitrogens with one attached hydrogen (secondary N) is 1. The second-order valence-electron chi connectivity index (χ2n) is 5.55. The lowest BCUT2D eigenvalue weighted by Crippen LogP contribution is -2.56. The lowest BCUT2D eigenvalue weighted by molar-refractivity contribution is 0.107. The SMILES string of the molecule is CCC1CN(Cc2ccc(Cl)s2)C(C2CC2)CN1. The smallest absolute Gasteiger partial charge is 0.0931 e. The molecule has 1 aromatic heterocycles. The van der Waals surface area contributed by atoms with Gasteiger partial charge in [-0.25, -0.2) is 0 Å². The topological polar surface area (TPSA) is 15.3 Å². The van der Waals surface area contributed by atoms with Crippen LogP contribution in [0.25, 0.3) is 0 Å². The molecule has 2 aliphatic rings. The highest BCUT2D eigenvalue weighted by molar-refractivity contribution is 7.16. The predicted molar refractivity (Wildman–Crippen MR) is 78.3 cm³/mol. The molecule has 1 aliphatic heterocycles. The molecule has 2 atom stereocenters. The first kappa shape index (κ1) is 12.9. The van der Waals surface area contributed by atoms with Crippen molar-refractivity contribution >= 4 is 22.9 Å². The molecular weight excluding hydrogens is 264 g/mol. The van der Waals surface area contributed by atoms with Crippen LogP contribution in [-0.4, -0.2) is 30.1 Å². The van der Waals surface area contributed by atoms with Gasteiger partial charge in [0, 0.05) is 36.6 Å². The van der Waals surface area contributed by atoms with Crippen molar-refractivity contribution in [2.45, 2.75) is 44.8 Å². The summed E-state index contributed by atoms with van der Waals surface area (Å²) in [6, 6.07) is 5.61. The molecule has 0 aromatic carbocycles. The fourth-order valence-electron chi connectivity index (χ4n) is 2.94. The van der Waals surface area contributed by atoms with Crippen molar-refractivity contribution in [1.82, 2.24) is 10.2 Å². The molecule has 0 bridgehead atoms. The number of hydrogen-bond donors (Lipinski definition) is 1. The highest BCUT2D eigenvalue weighted by Crippen LogP contribution is 2.37. The summed E-state index contributed by atoms with van der Waals surface area (Å²) in [5.74, 6) is 0.936. The molecule has 2 nitrogen and oxygen atoms in total. The van der Waals surface area contributed by atoms with Crippen LogP contribution in [-0.2, 0) is 6.54 Å². The van der Waals surface area contributed by atoms with Crippen molar-refractivity contribution in [3.8, 4) is 0 Å². The first-order valence-electron chi connectivity index (χ1n) is 6.98. The second kappa shape index (κ2) is 5.49. The fourth-order valence-corrected chi connectivity index (χ4v) is 4.05. The maximum atomic E-state index is 6.03. The van der Waals surface area contributed by atoms with Crippen molar-refractivity contribution in [3.63, 3.8) is 0 Å². The zero-order chi connectivity index (χ0) is 12.5. The van der Waals surface area contributed by atoms with Crippen molar-refractivity contribution < 1.29 is 0 Å². The number of hydrogen-bond acceptors (Lipinski definition) is 3. The Hall–Kier alpha value is -0.0900. The second-order valence-corrected chi connectivity index (χ2v) is 7.35. The number of rotatable bonds is 4. The first-order valence-corrected chi connectivity index (χ1v) is 8.17. The quantitative estimate of drug-likeness (QED) is 0.912. The van der Waals surface area contributed by atoms with E-state index in [1.165, 1.54) is 37.2 Å². The Balaban J connectivity index is 1.68. The van der Waals surface area contributed by atoms with Gasteiger partial charge in [0.1, 0.15) is 0 Å². The summed E-state index contributed by atoms with van der Waals surface area (Å²) in [5.41, 5.74) is 0. The van der Waals surface area contributed by atoms with E-state index in [1.807, 2.05) is 6.07 Å². The molecule has 1 saturated carbocycles. The van der Waals surface area contributed by atoms with Crippen LogP contribution >= 0.6 is 22.9 Å². The van der Waals surface area contributed by atoms with Crippen molar-refractivity contribution in [3.05, 3.63) is 21.3 Å². The van der Waals surface area contributed by atoms with E-state index in [-0.39, 0.29) is 0 Å². The zero-order valence-electron chi connectivity index (χ0n) is 10.9. The molecule has 2 unspecified atom stereocenters. The first-order chi connectivity index (χ1) is 8.76. The average molecular weight is 285 g/mol. The van der Waals surface area contributed by atoms with Crippen LogP contribution in [0.3, 0.4) is 0 Å². The summed E-state index contributed by atoms with van der Waals surface area (Å²) in [4.78, 5) is 4.09. The van der Waals surface area contributed by atoms with Crippen molar-refractivity contribution in [2.75, 3.05) is 13.1 Å². The molecule has 1 saturated heterocycles. The van der Waals surface area contributed by atoms with Gasteiger partial charge in [-0.1, -0.05) is 18.5 Å². The van der Waals surface area contributed by atoms with E-state index in [9.17, 15) is 0 Å². The average Bonchev–Trinajstić information content (AvgIpc) is 3.13.